The van der Waals surface area contributed by atoms with Crippen LogP contribution in [0.1, 0.15) is 29.8 Å². The van der Waals surface area contributed by atoms with Crippen LogP contribution < -0.4 is 0 Å². The van der Waals surface area contributed by atoms with Crippen LogP contribution in [-0.2, 0) is 0 Å². The van der Waals surface area contributed by atoms with Gasteiger partial charge in [0.15, 0.2) is 11.5 Å². The first kappa shape index (κ1) is 13.8. The van der Waals surface area contributed by atoms with Gasteiger partial charge in [-0.3, -0.25) is 4.40 Å². The topological polar surface area (TPSA) is 37.5 Å². The van der Waals surface area contributed by atoms with Crippen molar-refractivity contribution >= 4 is 5.65 Å². The van der Waals surface area contributed by atoms with Crippen LogP contribution in [-0.4, -0.2) is 14.5 Å². The molecule has 1 atom stereocenters. The number of rotatable bonds is 2. The van der Waals surface area contributed by atoms with Crippen molar-refractivity contribution in [1.82, 2.24) is 9.38 Å². The Hall–Kier alpha value is -2.20. The van der Waals surface area contributed by atoms with Gasteiger partial charge in [-0.25, -0.2) is 9.37 Å². The van der Waals surface area contributed by atoms with Crippen LogP contribution >= 0.6 is 0 Å². The molecule has 0 aliphatic heterocycles. The van der Waals surface area contributed by atoms with Crippen LogP contribution in [0.25, 0.3) is 16.9 Å². The number of benzene rings is 1. The zero-order valence-electron chi connectivity index (χ0n) is 12.3. The summed E-state index contributed by atoms with van der Waals surface area (Å²) in [6.07, 6.45) is 0.984. The summed E-state index contributed by atoms with van der Waals surface area (Å²) in [7, 11) is 0. The molecule has 3 rings (SSSR count). The molecule has 4 heteroatoms. The van der Waals surface area contributed by atoms with E-state index in [1.54, 1.807) is 23.6 Å². The monoisotopic (exact) mass is 284 g/mol. The highest BCUT2D eigenvalue weighted by Gasteiger charge is 2.20. The Morgan fingerprint density at radius 3 is 2.67 bits per heavy atom. The van der Waals surface area contributed by atoms with E-state index in [2.05, 4.69) is 11.1 Å². The van der Waals surface area contributed by atoms with Crippen molar-refractivity contribution in [2.45, 2.75) is 26.9 Å². The van der Waals surface area contributed by atoms with Crippen LogP contribution in [0.15, 0.2) is 36.5 Å². The minimum Gasteiger partial charge on any atom is -0.387 e. The van der Waals surface area contributed by atoms with E-state index in [4.69, 9.17) is 0 Å². The van der Waals surface area contributed by atoms with Gasteiger partial charge >= 0.3 is 0 Å². The maximum Gasteiger partial charge on any atom is 0.174 e. The van der Waals surface area contributed by atoms with E-state index in [-0.39, 0.29) is 5.65 Å². The molecule has 0 radical (unpaired) electrons. The van der Waals surface area contributed by atoms with E-state index < -0.39 is 11.9 Å². The molecule has 1 unspecified atom stereocenters. The maximum absolute atomic E-state index is 14.0. The Balaban J connectivity index is 2.36. The second kappa shape index (κ2) is 4.97. The van der Waals surface area contributed by atoms with Gasteiger partial charge < -0.3 is 5.11 Å². The van der Waals surface area contributed by atoms with Crippen molar-refractivity contribution in [3.05, 3.63) is 59.2 Å². The van der Waals surface area contributed by atoms with Gasteiger partial charge in [-0.05, 0) is 38.5 Å². The van der Waals surface area contributed by atoms with E-state index in [1.165, 1.54) is 6.07 Å². The van der Waals surface area contributed by atoms with Gasteiger partial charge in [0.25, 0.3) is 0 Å². The third kappa shape index (κ3) is 2.21. The van der Waals surface area contributed by atoms with Crippen molar-refractivity contribution in [3.63, 3.8) is 0 Å². The summed E-state index contributed by atoms with van der Waals surface area (Å²) in [6, 6.07) is 9.01. The minimum absolute atomic E-state index is 0.239. The Bertz CT molecular complexity index is 821. The number of aliphatic hydroxyl groups is 1. The summed E-state index contributed by atoms with van der Waals surface area (Å²) in [5.41, 5.74) is 4.61. The molecule has 0 saturated heterocycles. The normalized spacial score (nSPS) is 12.8. The van der Waals surface area contributed by atoms with Crippen molar-refractivity contribution < 1.29 is 9.50 Å². The van der Waals surface area contributed by atoms with Crippen LogP contribution in [0.5, 0.6) is 0 Å². The zero-order chi connectivity index (χ0) is 15.1. The zero-order valence-corrected chi connectivity index (χ0v) is 12.3. The molecule has 21 heavy (non-hydrogen) atoms. The molecule has 0 aliphatic rings. The fourth-order valence-corrected chi connectivity index (χ4v) is 2.73. The number of aryl methyl sites for hydroxylation is 2. The standard InChI is InChI=1S/C17H17FN2O/c1-10-6-7-13(11(2)9-10)15-16(12(3)21)20-8-4-5-14(18)17(20)19-15/h4-9,12,21H,1-3H3. The average molecular weight is 284 g/mol. The molecule has 1 N–H and O–H groups in total. The summed E-state index contributed by atoms with van der Waals surface area (Å²) in [5, 5.41) is 10.1. The highest BCUT2D eigenvalue weighted by atomic mass is 19.1. The fraction of sp³-hybridized carbons (Fsp3) is 0.235. The molecule has 0 fully saturated rings. The van der Waals surface area contributed by atoms with E-state index >= 15 is 0 Å². The predicted molar refractivity (Wildman–Crippen MR) is 80.7 cm³/mol. The largest absolute Gasteiger partial charge is 0.387 e. The van der Waals surface area contributed by atoms with E-state index in [0.717, 1.165) is 16.7 Å². The molecule has 0 aliphatic carbocycles. The van der Waals surface area contributed by atoms with Gasteiger partial charge in [-0.15, -0.1) is 0 Å². The molecule has 3 aromatic rings. The molecule has 0 amide bonds. The van der Waals surface area contributed by atoms with Gasteiger partial charge in [-0.1, -0.05) is 23.8 Å². The quantitative estimate of drug-likeness (QED) is 0.777. The molecule has 2 heterocycles. The van der Waals surface area contributed by atoms with Crippen molar-refractivity contribution in [2.75, 3.05) is 0 Å². The highest BCUT2D eigenvalue weighted by molar-refractivity contribution is 5.70. The van der Waals surface area contributed by atoms with E-state index in [0.29, 0.717) is 11.4 Å². The number of pyridine rings is 1. The third-order valence-electron chi connectivity index (χ3n) is 3.67. The van der Waals surface area contributed by atoms with Gasteiger partial charge in [0, 0.05) is 11.8 Å². The number of hydrogen-bond donors (Lipinski definition) is 1. The van der Waals surface area contributed by atoms with Gasteiger partial charge in [0.1, 0.15) is 0 Å². The number of imidazole rings is 1. The first-order chi connectivity index (χ1) is 9.99. The lowest BCUT2D eigenvalue weighted by atomic mass is 10.0. The lowest BCUT2D eigenvalue weighted by Gasteiger charge is -2.10. The number of nitrogens with zero attached hydrogens (tertiary/aromatic N) is 2. The van der Waals surface area contributed by atoms with Gasteiger partial charge in [0.2, 0.25) is 0 Å². The Labute approximate surface area is 122 Å². The first-order valence-corrected chi connectivity index (χ1v) is 6.91. The van der Waals surface area contributed by atoms with E-state index in [9.17, 15) is 9.50 Å². The predicted octanol–water partition coefficient (Wildman–Crippen LogP) is 3.81. The molecular formula is C17H17FN2O. The molecule has 2 aromatic heterocycles. The van der Waals surface area contributed by atoms with Crippen molar-refractivity contribution in [1.29, 1.82) is 0 Å². The summed E-state index contributed by atoms with van der Waals surface area (Å²) in [4.78, 5) is 4.42. The number of aromatic nitrogens is 2. The summed E-state index contributed by atoms with van der Waals surface area (Å²) >= 11 is 0. The minimum atomic E-state index is -0.738. The van der Waals surface area contributed by atoms with Gasteiger partial charge in [-0.2, -0.15) is 0 Å². The molecule has 108 valence electrons. The Morgan fingerprint density at radius 2 is 2.00 bits per heavy atom. The first-order valence-electron chi connectivity index (χ1n) is 6.91. The second-order valence-corrected chi connectivity index (χ2v) is 5.39. The van der Waals surface area contributed by atoms with Crippen molar-refractivity contribution in [3.8, 4) is 11.3 Å². The average Bonchev–Trinajstić information content (AvgIpc) is 2.79. The fourth-order valence-electron chi connectivity index (χ4n) is 2.73. The molecule has 0 saturated carbocycles. The Kier molecular flexibility index (Phi) is 3.26. The lowest BCUT2D eigenvalue weighted by molar-refractivity contribution is 0.194. The SMILES string of the molecule is Cc1ccc(-c2nc3c(F)cccn3c2C(C)O)c(C)c1. The summed E-state index contributed by atoms with van der Waals surface area (Å²) in [5.74, 6) is -0.393. The van der Waals surface area contributed by atoms with Crippen LogP contribution in [0.4, 0.5) is 4.39 Å². The van der Waals surface area contributed by atoms with Crippen molar-refractivity contribution in [2.24, 2.45) is 0 Å². The maximum atomic E-state index is 14.0. The van der Waals surface area contributed by atoms with Crippen LogP contribution in [0.3, 0.4) is 0 Å². The molecule has 0 spiro atoms. The van der Waals surface area contributed by atoms with Gasteiger partial charge in [0.05, 0.1) is 17.5 Å². The molecular weight excluding hydrogens is 267 g/mol. The highest BCUT2D eigenvalue weighted by Crippen LogP contribution is 2.32. The number of hydrogen-bond acceptors (Lipinski definition) is 2. The Morgan fingerprint density at radius 1 is 1.24 bits per heavy atom. The smallest absolute Gasteiger partial charge is 0.174 e. The van der Waals surface area contributed by atoms with E-state index in [1.807, 2.05) is 26.0 Å². The summed E-state index contributed by atoms with van der Waals surface area (Å²) < 4.78 is 15.6. The second-order valence-electron chi connectivity index (χ2n) is 5.39. The number of aliphatic hydroxyl groups excluding tert-OH is 1. The number of halogens is 1. The third-order valence-corrected chi connectivity index (χ3v) is 3.67. The molecule has 3 nitrogen and oxygen atoms in total. The molecule has 0 bridgehead atoms. The summed E-state index contributed by atoms with van der Waals surface area (Å²) in [6.45, 7) is 5.69. The molecule has 1 aromatic carbocycles. The number of fused-ring (bicyclic) bond motifs is 1. The van der Waals surface area contributed by atoms with Crippen LogP contribution in [0.2, 0.25) is 0 Å². The van der Waals surface area contributed by atoms with Crippen LogP contribution in [0, 0.1) is 19.7 Å². The lowest BCUT2D eigenvalue weighted by Crippen LogP contribution is -2.00.